The topological polar surface area (TPSA) is 25.4 Å². The Kier molecular flexibility index (Phi) is 5.80. The van der Waals surface area contributed by atoms with E-state index in [-0.39, 0.29) is 0 Å². The van der Waals surface area contributed by atoms with Crippen molar-refractivity contribution in [2.75, 3.05) is 17.5 Å². The Balaban J connectivity index is 1.62. The van der Waals surface area contributed by atoms with Gasteiger partial charge in [0.25, 0.3) is 0 Å². The van der Waals surface area contributed by atoms with E-state index in [0.29, 0.717) is 11.6 Å². The van der Waals surface area contributed by atoms with Gasteiger partial charge in [-0.15, -0.1) is 11.3 Å². The molecule has 6 heteroatoms. The highest BCUT2D eigenvalue weighted by molar-refractivity contribution is 8.00. The van der Waals surface area contributed by atoms with Gasteiger partial charge in [0.2, 0.25) is 0 Å². The minimum absolute atomic E-state index is 0.555. The lowest BCUT2D eigenvalue weighted by molar-refractivity contribution is 0.329. The zero-order valence-electron chi connectivity index (χ0n) is 12.3. The second-order valence-electron chi connectivity index (χ2n) is 4.63. The summed E-state index contributed by atoms with van der Waals surface area (Å²) in [5.41, 5.74) is 0. The first-order chi connectivity index (χ1) is 11.3. The molecule has 0 bridgehead atoms. The number of rotatable bonds is 7. The first kappa shape index (κ1) is 16.2. The van der Waals surface area contributed by atoms with Gasteiger partial charge in [-0.3, -0.25) is 4.31 Å². The summed E-state index contributed by atoms with van der Waals surface area (Å²) in [4.78, 5) is 5.57. The number of ether oxygens (including phenoxy) is 1. The summed E-state index contributed by atoms with van der Waals surface area (Å²) in [6.45, 7) is 1.28. The first-order valence-electron chi connectivity index (χ1n) is 7.10. The molecule has 0 aliphatic rings. The molecule has 0 radical (unpaired) electrons. The normalized spacial score (nSPS) is 10.5. The maximum atomic E-state index is 5.97. The van der Waals surface area contributed by atoms with Crippen molar-refractivity contribution in [3.05, 3.63) is 71.2 Å². The molecule has 1 heterocycles. The summed E-state index contributed by atoms with van der Waals surface area (Å²) >= 11 is 9.25. The van der Waals surface area contributed by atoms with Crippen LogP contribution in [0.2, 0.25) is 5.02 Å². The van der Waals surface area contributed by atoms with Crippen LogP contribution in [0.15, 0.2) is 71.1 Å². The highest BCUT2D eigenvalue weighted by Crippen LogP contribution is 2.30. The molecular weight excluding hydrogens is 348 g/mol. The van der Waals surface area contributed by atoms with Crippen molar-refractivity contribution in [3.63, 3.8) is 0 Å². The zero-order valence-corrected chi connectivity index (χ0v) is 14.7. The molecule has 0 aliphatic carbocycles. The molecule has 0 N–H and O–H groups in total. The molecule has 3 nitrogen and oxygen atoms in total. The number of benzene rings is 2. The predicted molar refractivity (Wildman–Crippen MR) is 98.7 cm³/mol. The van der Waals surface area contributed by atoms with E-state index in [1.54, 1.807) is 23.3 Å². The van der Waals surface area contributed by atoms with Crippen molar-refractivity contribution in [3.8, 4) is 5.75 Å². The Hall–Kier alpha value is -1.69. The highest BCUT2D eigenvalue weighted by atomic mass is 35.5. The number of hydrogen-bond donors (Lipinski definition) is 0. The lowest BCUT2D eigenvalue weighted by Gasteiger charge is -2.20. The molecule has 23 heavy (non-hydrogen) atoms. The zero-order chi connectivity index (χ0) is 15.9. The van der Waals surface area contributed by atoms with E-state index in [2.05, 4.69) is 21.4 Å². The van der Waals surface area contributed by atoms with Gasteiger partial charge in [-0.05, 0) is 42.3 Å². The molecule has 0 atom stereocenters. The van der Waals surface area contributed by atoms with Gasteiger partial charge in [0, 0.05) is 21.5 Å². The van der Waals surface area contributed by atoms with Crippen LogP contribution in [0.5, 0.6) is 5.75 Å². The molecule has 0 fully saturated rings. The number of halogens is 1. The van der Waals surface area contributed by atoms with Gasteiger partial charge in [0.05, 0.1) is 6.54 Å². The Bertz CT molecular complexity index is 722. The van der Waals surface area contributed by atoms with Gasteiger partial charge < -0.3 is 4.74 Å². The molecule has 0 unspecified atom stereocenters. The van der Waals surface area contributed by atoms with Crippen molar-refractivity contribution < 1.29 is 4.74 Å². The number of aromatic nitrogens is 1. The lowest BCUT2D eigenvalue weighted by atomic mass is 10.3. The largest absolute Gasteiger partial charge is 0.492 e. The molecule has 3 aromatic rings. The average Bonchev–Trinajstić information content (AvgIpc) is 3.09. The van der Waals surface area contributed by atoms with Crippen LogP contribution in [0.4, 0.5) is 5.13 Å². The fourth-order valence-corrected chi connectivity index (χ4v) is 3.75. The fourth-order valence-electron chi connectivity index (χ4n) is 1.93. The van der Waals surface area contributed by atoms with Gasteiger partial charge >= 0.3 is 0 Å². The van der Waals surface area contributed by atoms with Gasteiger partial charge in [-0.25, -0.2) is 4.98 Å². The van der Waals surface area contributed by atoms with Crippen LogP contribution in [0.3, 0.4) is 0 Å². The summed E-state index contributed by atoms with van der Waals surface area (Å²) in [7, 11) is 0. The van der Waals surface area contributed by atoms with E-state index in [4.69, 9.17) is 16.3 Å². The summed E-state index contributed by atoms with van der Waals surface area (Å²) in [5.74, 6) is 0.779. The van der Waals surface area contributed by atoms with E-state index >= 15 is 0 Å². The number of anilines is 1. The summed E-state index contributed by atoms with van der Waals surface area (Å²) in [6, 6.07) is 17.7. The Morgan fingerprint density at radius 3 is 2.74 bits per heavy atom. The van der Waals surface area contributed by atoms with E-state index in [1.165, 1.54) is 4.90 Å². The van der Waals surface area contributed by atoms with Crippen molar-refractivity contribution in [1.82, 2.24) is 4.98 Å². The molecule has 3 rings (SSSR count). The van der Waals surface area contributed by atoms with Crippen molar-refractivity contribution in [2.24, 2.45) is 0 Å². The SMILES string of the molecule is Clc1cccc(OCCN(Sc2ccccc2)c2nccs2)c1. The number of thiazole rings is 1. The predicted octanol–water partition coefficient (Wildman–Crippen LogP) is 5.39. The first-order valence-corrected chi connectivity index (χ1v) is 9.13. The fraction of sp³-hybridized carbons (Fsp3) is 0.118. The maximum absolute atomic E-state index is 5.97. The van der Waals surface area contributed by atoms with Gasteiger partial charge in [0.15, 0.2) is 5.13 Å². The van der Waals surface area contributed by atoms with Crippen LogP contribution >= 0.6 is 34.9 Å². The standard InChI is InChI=1S/C17H15ClN2OS2/c18-14-5-4-6-15(13-14)21-11-10-20(17-19-9-12-22-17)23-16-7-2-1-3-8-16/h1-9,12-13H,10-11H2. The average molecular weight is 363 g/mol. The quantitative estimate of drug-likeness (QED) is 0.526. The molecule has 0 aliphatic heterocycles. The number of nitrogens with zero attached hydrogens (tertiary/aromatic N) is 2. The second-order valence-corrected chi connectivity index (χ2v) is 7.03. The Morgan fingerprint density at radius 1 is 1.13 bits per heavy atom. The van der Waals surface area contributed by atoms with Gasteiger partial charge in [0.1, 0.15) is 12.4 Å². The van der Waals surface area contributed by atoms with Crippen LogP contribution in [0.1, 0.15) is 0 Å². The number of hydrogen-bond acceptors (Lipinski definition) is 5. The third-order valence-corrected chi connectivity index (χ3v) is 5.15. The van der Waals surface area contributed by atoms with E-state index in [0.717, 1.165) is 17.4 Å². The third-order valence-electron chi connectivity index (χ3n) is 2.95. The van der Waals surface area contributed by atoms with Crippen LogP contribution < -0.4 is 9.04 Å². The Labute approximate surface area is 149 Å². The lowest BCUT2D eigenvalue weighted by Crippen LogP contribution is -2.21. The van der Waals surface area contributed by atoms with Gasteiger partial charge in [-0.2, -0.15) is 0 Å². The molecule has 1 aromatic heterocycles. The molecule has 118 valence electrons. The molecule has 0 amide bonds. The Morgan fingerprint density at radius 2 is 2.00 bits per heavy atom. The molecule has 0 saturated carbocycles. The minimum atomic E-state index is 0.555. The minimum Gasteiger partial charge on any atom is -0.492 e. The van der Waals surface area contributed by atoms with E-state index in [9.17, 15) is 0 Å². The summed E-state index contributed by atoms with van der Waals surface area (Å²) in [6.07, 6.45) is 1.82. The van der Waals surface area contributed by atoms with Crippen molar-refractivity contribution in [1.29, 1.82) is 0 Å². The van der Waals surface area contributed by atoms with E-state index in [1.807, 2.05) is 54.0 Å². The molecule has 0 spiro atoms. The van der Waals surface area contributed by atoms with Crippen molar-refractivity contribution >= 4 is 40.0 Å². The van der Waals surface area contributed by atoms with Crippen LogP contribution in [0, 0.1) is 0 Å². The monoisotopic (exact) mass is 362 g/mol. The highest BCUT2D eigenvalue weighted by Gasteiger charge is 2.11. The van der Waals surface area contributed by atoms with Gasteiger partial charge in [-0.1, -0.05) is 35.9 Å². The molecule has 0 saturated heterocycles. The smallest absolute Gasteiger partial charge is 0.195 e. The third kappa shape index (κ3) is 4.89. The van der Waals surface area contributed by atoms with Crippen LogP contribution in [-0.2, 0) is 0 Å². The van der Waals surface area contributed by atoms with Crippen LogP contribution in [-0.4, -0.2) is 18.1 Å². The van der Waals surface area contributed by atoms with Crippen molar-refractivity contribution in [2.45, 2.75) is 4.90 Å². The maximum Gasteiger partial charge on any atom is 0.195 e. The molecular formula is C17H15ClN2OS2. The molecule has 2 aromatic carbocycles. The second kappa shape index (κ2) is 8.24. The summed E-state index contributed by atoms with van der Waals surface area (Å²) in [5, 5.41) is 3.62. The van der Waals surface area contributed by atoms with E-state index < -0.39 is 0 Å². The van der Waals surface area contributed by atoms with Crippen LogP contribution in [0.25, 0.3) is 0 Å². The summed E-state index contributed by atoms with van der Waals surface area (Å²) < 4.78 is 7.93.